The van der Waals surface area contributed by atoms with Crippen molar-refractivity contribution in [2.75, 3.05) is 39.6 Å². The van der Waals surface area contributed by atoms with Gasteiger partial charge in [0.1, 0.15) is 19.3 Å². The van der Waals surface area contributed by atoms with Crippen LogP contribution in [0.2, 0.25) is 0 Å². The highest BCUT2D eigenvalue weighted by Gasteiger charge is 2.30. The molecule has 0 saturated carbocycles. The van der Waals surface area contributed by atoms with Gasteiger partial charge in [-0.1, -0.05) is 280 Å². The van der Waals surface area contributed by atoms with Crippen LogP contribution in [0.25, 0.3) is 0 Å². The van der Waals surface area contributed by atoms with Gasteiger partial charge >= 0.3 is 39.5 Å². The standard InChI is InChI=1S/C83H148O17P2/c1-5-9-13-17-21-25-29-33-37-38-42-46-50-54-58-62-66-70-83(88)100-79(74-94-81(86)68-64-60-56-52-48-44-40-35-31-27-23-19-15-11-7-3)76-98-102(91,92)96-72-77(84)71-95-101(89,90)97-75-78(99-82(87)69-65-61-57-53-49-45-41-36-32-28-24-20-16-12-8-4)73-93-80(85)67-63-59-55-51-47-43-39-34-30-26-22-18-14-10-6-2/h21,25-28,30-33,37,42,46,54,58,77-79,84H,5-20,22-24,29,34-36,38-41,43-45,47-53,55-57,59-76H2,1-4H3,(H,89,90)(H,91,92)/b25-21-,30-26-,31-27-,32-28-,37-33-,46-42-,58-54-/t77-,78+,79+/m0/s1. The van der Waals surface area contributed by atoms with Crippen molar-refractivity contribution in [3.63, 3.8) is 0 Å². The number of hydrogen-bond acceptors (Lipinski definition) is 15. The third kappa shape index (κ3) is 74.5. The van der Waals surface area contributed by atoms with Gasteiger partial charge in [0.25, 0.3) is 0 Å². The molecule has 0 rings (SSSR count). The quantitative estimate of drug-likeness (QED) is 0.0169. The van der Waals surface area contributed by atoms with Gasteiger partial charge in [0.2, 0.25) is 0 Å². The fourth-order valence-electron chi connectivity index (χ4n) is 11.0. The Morgan fingerprint density at radius 3 is 0.804 bits per heavy atom. The molecule has 0 heterocycles. The third-order valence-electron chi connectivity index (χ3n) is 17.3. The maximum Gasteiger partial charge on any atom is 0.472 e. The average molecular weight is 1480 g/mol. The molecule has 0 bridgehead atoms. The number of phosphoric ester groups is 2. The van der Waals surface area contributed by atoms with Gasteiger partial charge in [-0.2, -0.15) is 0 Å². The Kier molecular flexibility index (Phi) is 72.7. The number of aliphatic hydroxyl groups is 1. The van der Waals surface area contributed by atoms with Crippen LogP contribution in [0.15, 0.2) is 85.1 Å². The number of carbonyl (C=O) groups is 4. The van der Waals surface area contributed by atoms with E-state index in [1.54, 1.807) is 0 Å². The summed E-state index contributed by atoms with van der Waals surface area (Å²) in [5, 5.41) is 10.6. The number of hydrogen-bond donors (Lipinski definition) is 3. The fraction of sp³-hybridized carbons (Fsp3) is 0.783. The van der Waals surface area contributed by atoms with Crippen molar-refractivity contribution in [2.24, 2.45) is 0 Å². The van der Waals surface area contributed by atoms with Gasteiger partial charge in [-0.3, -0.25) is 37.3 Å². The smallest absolute Gasteiger partial charge is 0.462 e. The first-order valence-corrected chi connectivity index (χ1v) is 43.8. The minimum absolute atomic E-state index is 0.0201. The summed E-state index contributed by atoms with van der Waals surface area (Å²) in [7, 11) is -9.97. The number of unbranched alkanes of at least 4 members (excludes halogenated alkanes) is 37. The zero-order valence-electron chi connectivity index (χ0n) is 64.8. The van der Waals surface area contributed by atoms with Gasteiger partial charge < -0.3 is 33.8 Å². The van der Waals surface area contributed by atoms with Gasteiger partial charge in [-0.05, 0) is 141 Å². The molecule has 102 heavy (non-hydrogen) atoms. The van der Waals surface area contributed by atoms with E-state index in [9.17, 15) is 43.2 Å². The summed E-state index contributed by atoms with van der Waals surface area (Å²) in [4.78, 5) is 73.0. The van der Waals surface area contributed by atoms with E-state index < -0.39 is 97.5 Å². The predicted octanol–water partition coefficient (Wildman–Crippen LogP) is 23.8. The summed E-state index contributed by atoms with van der Waals surface area (Å²) in [6.07, 6.45) is 78.4. The Morgan fingerprint density at radius 2 is 0.490 bits per heavy atom. The van der Waals surface area contributed by atoms with E-state index >= 15 is 0 Å². The summed E-state index contributed by atoms with van der Waals surface area (Å²) in [5.41, 5.74) is 0. The number of rotatable bonds is 77. The Morgan fingerprint density at radius 1 is 0.275 bits per heavy atom. The summed E-state index contributed by atoms with van der Waals surface area (Å²) in [6, 6.07) is 0. The van der Waals surface area contributed by atoms with Crippen molar-refractivity contribution in [1.82, 2.24) is 0 Å². The molecule has 5 atom stereocenters. The largest absolute Gasteiger partial charge is 0.472 e. The summed E-state index contributed by atoms with van der Waals surface area (Å²) in [6.45, 7) is 4.79. The lowest BCUT2D eigenvalue weighted by Gasteiger charge is -2.21. The van der Waals surface area contributed by atoms with Crippen LogP contribution >= 0.6 is 15.6 Å². The monoisotopic (exact) mass is 1480 g/mol. The number of allylic oxidation sites excluding steroid dienone is 14. The number of esters is 4. The Bertz CT molecular complexity index is 2260. The number of ether oxygens (including phenoxy) is 4. The van der Waals surface area contributed by atoms with Crippen LogP contribution in [0, 0.1) is 0 Å². The van der Waals surface area contributed by atoms with E-state index in [-0.39, 0.29) is 25.7 Å². The second kappa shape index (κ2) is 75.5. The lowest BCUT2D eigenvalue weighted by molar-refractivity contribution is -0.161. The molecule has 17 nitrogen and oxygen atoms in total. The van der Waals surface area contributed by atoms with Crippen LogP contribution in [0.4, 0.5) is 0 Å². The van der Waals surface area contributed by atoms with E-state index in [4.69, 9.17) is 37.0 Å². The lowest BCUT2D eigenvalue weighted by Crippen LogP contribution is -2.30. The summed E-state index contributed by atoms with van der Waals surface area (Å²) < 4.78 is 68.6. The highest BCUT2D eigenvalue weighted by atomic mass is 31.2. The SMILES string of the molecule is CCCCC/C=C\C/C=C\C/C=C\C/C=C\CCCC(=O)O[C@H](COC(=O)CCCCCCCCC/C=C\CCCCCC)COP(=O)(O)OC[C@@H](O)COP(=O)(O)OC[C@@H](COC(=O)CCCCCCCCC/C=C\CCCCCC)OC(=O)CCCCCCCCC/C=C\CCCCCC. The second-order valence-electron chi connectivity index (χ2n) is 27.3. The van der Waals surface area contributed by atoms with Crippen LogP contribution in [0.3, 0.4) is 0 Å². The van der Waals surface area contributed by atoms with Crippen LogP contribution in [0.5, 0.6) is 0 Å². The predicted molar refractivity (Wildman–Crippen MR) is 418 cm³/mol. The highest BCUT2D eigenvalue weighted by molar-refractivity contribution is 7.47. The maximum atomic E-state index is 13.1. The first-order chi connectivity index (χ1) is 49.7. The molecule has 0 aromatic carbocycles. The van der Waals surface area contributed by atoms with Gasteiger partial charge in [0.05, 0.1) is 26.4 Å². The van der Waals surface area contributed by atoms with E-state index in [1.807, 2.05) is 12.2 Å². The zero-order valence-corrected chi connectivity index (χ0v) is 66.6. The zero-order chi connectivity index (χ0) is 74.6. The normalized spacial score (nSPS) is 14.3. The first-order valence-electron chi connectivity index (χ1n) is 40.8. The van der Waals surface area contributed by atoms with Crippen molar-refractivity contribution in [3.05, 3.63) is 85.1 Å². The highest BCUT2D eigenvalue weighted by Crippen LogP contribution is 2.45. The summed E-state index contributed by atoms with van der Waals surface area (Å²) >= 11 is 0. The van der Waals surface area contributed by atoms with E-state index in [0.717, 1.165) is 154 Å². The molecule has 0 spiro atoms. The van der Waals surface area contributed by atoms with Crippen LogP contribution in [0.1, 0.15) is 362 Å². The molecule has 0 aliphatic carbocycles. The maximum absolute atomic E-state index is 13.1. The minimum atomic E-state index is -4.99. The average Bonchev–Trinajstić information content (AvgIpc) is 0.917. The molecule has 0 aliphatic heterocycles. The molecule has 2 unspecified atom stereocenters. The molecule has 0 saturated heterocycles. The third-order valence-corrected chi connectivity index (χ3v) is 19.2. The van der Waals surface area contributed by atoms with E-state index in [0.29, 0.717) is 32.1 Å². The molecule has 592 valence electrons. The Balaban J connectivity index is 5.40. The molecule has 0 aromatic rings. The first kappa shape index (κ1) is 98.2. The fourth-order valence-corrected chi connectivity index (χ4v) is 12.6. The van der Waals surface area contributed by atoms with Crippen molar-refractivity contribution >= 4 is 39.5 Å². The van der Waals surface area contributed by atoms with Gasteiger partial charge in [-0.25, -0.2) is 9.13 Å². The van der Waals surface area contributed by atoms with Gasteiger partial charge in [-0.15, -0.1) is 0 Å². The Labute approximate surface area is 621 Å². The van der Waals surface area contributed by atoms with Crippen molar-refractivity contribution in [1.29, 1.82) is 0 Å². The van der Waals surface area contributed by atoms with Crippen molar-refractivity contribution in [3.8, 4) is 0 Å². The van der Waals surface area contributed by atoms with Gasteiger partial charge in [0, 0.05) is 25.7 Å². The van der Waals surface area contributed by atoms with Crippen LogP contribution < -0.4 is 0 Å². The van der Waals surface area contributed by atoms with Crippen LogP contribution in [-0.4, -0.2) is 96.7 Å². The minimum Gasteiger partial charge on any atom is -0.462 e. The second-order valence-corrected chi connectivity index (χ2v) is 30.3. The molecular weight excluding hydrogens is 1330 g/mol. The summed E-state index contributed by atoms with van der Waals surface area (Å²) in [5.74, 6) is -2.23. The molecule has 0 aliphatic rings. The number of carbonyl (C=O) groups excluding carboxylic acids is 4. The van der Waals surface area contributed by atoms with Crippen molar-refractivity contribution < 1.29 is 80.2 Å². The lowest BCUT2D eigenvalue weighted by atomic mass is 10.1. The number of aliphatic hydroxyl groups excluding tert-OH is 1. The topological polar surface area (TPSA) is 237 Å². The molecule has 0 radical (unpaired) electrons. The molecule has 19 heteroatoms. The molecular formula is C83H148O17P2. The van der Waals surface area contributed by atoms with Gasteiger partial charge in [0.15, 0.2) is 12.2 Å². The van der Waals surface area contributed by atoms with Crippen LogP contribution in [-0.2, 0) is 65.4 Å². The van der Waals surface area contributed by atoms with Crippen molar-refractivity contribution in [2.45, 2.75) is 380 Å². The van der Waals surface area contributed by atoms with E-state index in [2.05, 4.69) is 101 Å². The molecule has 3 N–H and O–H groups in total. The molecule has 0 amide bonds. The number of phosphoric acid groups is 2. The molecule has 0 fully saturated rings. The van der Waals surface area contributed by atoms with E-state index in [1.165, 1.54) is 122 Å². The Hall–Kier alpha value is -3.76. The molecule has 0 aromatic heterocycles.